The summed E-state index contributed by atoms with van der Waals surface area (Å²) in [6.45, 7) is 0.619. The Balaban J connectivity index is 2.29. The molecule has 0 aliphatic heterocycles. The Morgan fingerprint density at radius 2 is 1.29 bits per heavy atom. The summed E-state index contributed by atoms with van der Waals surface area (Å²) in [5.41, 5.74) is 5.47. The molecule has 130 valence electrons. The number of benzene rings is 2. The summed E-state index contributed by atoms with van der Waals surface area (Å²) in [6.07, 6.45) is 0.530. The highest BCUT2D eigenvalue weighted by atomic mass is 19.2. The smallest absolute Gasteiger partial charge is 0.200 e. The van der Waals surface area contributed by atoms with E-state index in [0.717, 1.165) is 5.56 Å². The molecule has 0 saturated carbocycles. The Morgan fingerprint density at radius 3 is 1.83 bits per heavy atom. The van der Waals surface area contributed by atoms with Gasteiger partial charge in [-0.15, -0.1) is 0 Å². The van der Waals surface area contributed by atoms with Crippen molar-refractivity contribution in [2.75, 3.05) is 13.1 Å². The van der Waals surface area contributed by atoms with E-state index in [9.17, 15) is 22.0 Å². The van der Waals surface area contributed by atoms with Gasteiger partial charge in [-0.05, 0) is 18.5 Å². The monoisotopic (exact) mass is 344 g/mol. The van der Waals surface area contributed by atoms with Gasteiger partial charge in [-0.3, -0.25) is 4.90 Å². The van der Waals surface area contributed by atoms with Gasteiger partial charge in [0.2, 0.25) is 5.82 Å². The second-order valence-electron chi connectivity index (χ2n) is 5.39. The van der Waals surface area contributed by atoms with Gasteiger partial charge in [-0.1, -0.05) is 30.3 Å². The molecule has 24 heavy (non-hydrogen) atoms. The lowest BCUT2D eigenvalue weighted by atomic mass is 10.1. The van der Waals surface area contributed by atoms with Crippen molar-refractivity contribution < 1.29 is 22.0 Å². The van der Waals surface area contributed by atoms with E-state index in [1.165, 1.54) is 0 Å². The van der Waals surface area contributed by atoms with Crippen molar-refractivity contribution in [1.29, 1.82) is 0 Å². The van der Waals surface area contributed by atoms with Crippen LogP contribution in [0, 0.1) is 29.1 Å². The highest BCUT2D eigenvalue weighted by Gasteiger charge is 2.26. The Labute approximate surface area is 136 Å². The molecule has 0 aliphatic carbocycles. The van der Waals surface area contributed by atoms with Gasteiger partial charge in [0.15, 0.2) is 23.3 Å². The van der Waals surface area contributed by atoms with Crippen LogP contribution in [-0.2, 0) is 13.1 Å². The van der Waals surface area contributed by atoms with Crippen molar-refractivity contribution in [3.05, 3.63) is 70.5 Å². The van der Waals surface area contributed by atoms with Crippen molar-refractivity contribution in [1.82, 2.24) is 4.90 Å². The number of halogens is 5. The first-order valence-electron chi connectivity index (χ1n) is 7.42. The van der Waals surface area contributed by atoms with Crippen LogP contribution in [-0.4, -0.2) is 18.0 Å². The zero-order chi connectivity index (χ0) is 17.7. The lowest BCUT2D eigenvalue weighted by Crippen LogP contribution is -2.27. The van der Waals surface area contributed by atoms with Crippen LogP contribution in [0.1, 0.15) is 17.5 Å². The van der Waals surface area contributed by atoms with E-state index in [2.05, 4.69) is 0 Å². The molecule has 0 aromatic heterocycles. The number of rotatable bonds is 7. The molecule has 2 aromatic rings. The van der Waals surface area contributed by atoms with Gasteiger partial charge in [0.25, 0.3) is 0 Å². The average Bonchev–Trinajstić information content (AvgIpc) is 2.60. The molecule has 0 atom stereocenters. The first-order valence-corrected chi connectivity index (χ1v) is 7.42. The largest absolute Gasteiger partial charge is 0.330 e. The lowest BCUT2D eigenvalue weighted by molar-refractivity contribution is 0.242. The van der Waals surface area contributed by atoms with Crippen molar-refractivity contribution in [2.24, 2.45) is 5.73 Å². The fourth-order valence-electron chi connectivity index (χ4n) is 2.38. The molecule has 0 heterocycles. The third-order valence-corrected chi connectivity index (χ3v) is 3.61. The molecule has 7 heteroatoms. The standard InChI is InChI=1S/C17H17F5N2/c18-13-12(14(19)16(21)17(22)15(13)20)10-24(8-4-7-23)9-11-5-2-1-3-6-11/h1-3,5-6H,4,7-10,23H2. The number of nitrogens with zero attached hydrogens (tertiary/aromatic N) is 1. The van der Waals surface area contributed by atoms with Crippen molar-refractivity contribution in [3.63, 3.8) is 0 Å². The normalized spacial score (nSPS) is 11.3. The van der Waals surface area contributed by atoms with Crippen LogP contribution in [0.25, 0.3) is 0 Å². The minimum Gasteiger partial charge on any atom is -0.330 e. The minimum atomic E-state index is -2.15. The summed E-state index contributed by atoms with van der Waals surface area (Å²) in [5.74, 6) is -9.59. The highest BCUT2D eigenvalue weighted by Crippen LogP contribution is 2.24. The van der Waals surface area contributed by atoms with Gasteiger partial charge in [0, 0.05) is 25.2 Å². The van der Waals surface area contributed by atoms with E-state index in [1.807, 2.05) is 18.2 Å². The number of hydrogen-bond donors (Lipinski definition) is 1. The zero-order valence-electron chi connectivity index (χ0n) is 12.8. The fourth-order valence-corrected chi connectivity index (χ4v) is 2.38. The Hall–Kier alpha value is -1.99. The van der Waals surface area contributed by atoms with Crippen LogP contribution < -0.4 is 5.73 Å². The molecule has 0 spiro atoms. The van der Waals surface area contributed by atoms with E-state index in [-0.39, 0.29) is 0 Å². The van der Waals surface area contributed by atoms with Gasteiger partial charge in [-0.2, -0.15) is 0 Å². The SMILES string of the molecule is NCCCN(Cc1ccccc1)Cc1c(F)c(F)c(F)c(F)c1F. The second kappa shape index (κ2) is 8.21. The first-order chi connectivity index (χ1) is 11.5. The number of hydrogen-bond acceptors (Lipinski definition) is 2. The molecule has 0 unspecified atom stereocenters. The summed E-state index contributed by atoms with van der Waals surface area (Å²) in [7, 11) is 0. The molecule has 2 nitrogen and oxygen atoms in total. The van der Waals surface area contributed by atoms with E-state index in [1.54, 1.807) is 17.0 Å². The van der Waals surface area contributed by atoms with Crippen molar-refractivity contribution >= 4 is 0 Å². The fraction of sp³-hybridized carbons (Fsp3) is 0.294. The van der Waals surface area contributed by atoms with Crippen molar-refractivity contribution in [3.8, 4) is 0 Å². The van der Waals surface area contributed by atoms with Crippen LogP contribution in [0.5, 0.6) is 0 Å². The summed E-state index contributed by atoms with van der Waals surface area (Å²) in [4.78, 5) is 1.60. The second-order valence-corrected chi connectivity index (χ2v) is 5.39. The maximum atomic E-state index is 13.9. The predicted molar refractivity (Wildman–Crippen MR) is 80.5 cm³/mol. The van der Waals surface area contributed by atoms with Gasteiger partial charge < -0.3 is 5.73 Å². The summed E-state index contributed by atoms with van der Waals surface area (Å²) < 4.78 is 67.5. The maximum Gasteiger partial charge on any atom is 0.200 e. The van der Waals surface area contributed by atoms with Gasteiger partial charge in [0.05, 0.1) is 0 Å². The Bertz CT molecular complexity index is 662. The van der Waals surface area contributed by atoms with Gasteiger partial charge in [0.1, 0.15) is 0 Å². The molecule has 2 rings (SSSR count). The van der Waals surface area contributed by atoms with Crippen molar-refractivity contribution in [2.45, 2.75) is 19.5 Å². The van der Waals surface area contributed by atoms with Crippen LogP contribution in [0.2, 0.25) is 0 Å². The molecule has 0 fully saturated rings. The van der Waals surface area contributed by atoms with Crippen LogP contribution in [0.4, 0.5) is 22.0 Å². The van der Waals surface area contributed by atoms with E-state index >= 15 is 0 Å². The molecular formula is C17H17F5N2. The maximum absolute atomic E-state index is 13.9. The third-order valence-electron chi connectivity index (χ3n) is 3.61. The topological polar surface area (TPSA) is 29.3 Å². The molecule has 0 bridgehead atoms. The van der Waals surface area contributed by atoms with Crippen LogP contribution in [0.3, 0.4) is 0 Å². The third kappa shape index (κ3) is 4.10. The highest BCUT2D eigenvalue weighted by molar-refractivity contribution is 5.24. The van der Waals surface area contributed by atoms with Crippen LogP contribution in [0.15, 0.2) is 30.3 Å². The molecule has 2 aromatic carbocycles. The minimum absolute atomic E-state index is 0.306. The van der Waals surface area contributed by atoms with E-state index in [4.69, 9.17) is 5.73 Å². The average molecular weight is 344 g/mol. The molecule has 0 radical (unpaired) electrons. The zero-order valence-corrected chi connectivity index (χ0v) is 12.8. The van der Waals surface area contributed by atoms with E-state index < -0.39 is 41.2 Å². The first kappa shape index (κ1) is 18.4. The Morgan fingerprint density at radius 1 is 0.750 bits per heavy atom. The molecular weight excluding hydrogens is 327 g/mol. The van der Waals surface area contributed by atoms with E-state index in [0.29, 0.717) is 26.1 Å². The van der Waals surface area contributed by atoms with Crippen LogP contribution >= 0.6 is 0 Å². The summed E-state index contributed by atoms with van der Waals surface area (Å²) >= 11 is 0. The quantitative estimate of drug-likeness (QED) is 0.471. The summed E-state index contributed by atoms with van der Waals surface area (Å²) in [5, 5.41) is 0. The Kier molecular flexibility index (Phi) is 6.28. The van der Waals surface area contributed by atoms with Gasteiger partial charge >= 0.3 is 0 Å². The molecule has 0 aliphatic rings. The molecule has 2 N–H and O–H groups in total. The molecule has 0 amide bonds. The lowest BCUT2D eigenvalue weighted by Gasteiger charge is -2.23. The van der Waals surface area contributed by atoms with Gasteiger partial charge in [-0.25, -0.2) is 22.0 Å². The molecule has 0 saturated heterocycles. The summed E-state index contributed by atoms with van der Waals surface area (Å²) in [6, 6.07) is 9.05. The predicted octanol–water partition coefficient (Wildman–Crippen LogP) is 3.73. The number of nitrogens with two attached hydrogens (primary N) is 1.